The SMILES string of the molecule is O=C(N[C@@H](Cc1ccccc1)C(=O)OCCN1CCCC1=O)OCc1ccccc1. The average Bonchev–Trinajstić information content (AvgIpc) is 3.18. The first-order chi connectivity index (χ1) is 14.6. The van der Waals surface area contributed by atoms with E-state index in [2.05, 4.69) is 5.32 Å². The number of hydrogen-bond acceptors (Lipinski definition) is 5. The summed E-state index contributed by atoms with van der Waals surface area (Å²) in [6.07, 6.45) is 0.965. The van der Waals surface area contributed by atoms with E-state index in [4.69, 9.17) is 9.47 Å². The molecule has 2 amide bonds. The van der Waals surface area contributed by atoms with Crippen molar-refractivity contribution in [2.75, 3.05) is 19.7 Å². The Balaban J connectivity index is 1.54. The molecule has 0 bridgehead atoms. The summed E-state index contributed by atoms with van der Waals surface area (Å²) in [4.78, 5) is 38.2. The van der Waals surface area contributed by atoms with Gasteiger partial charge in [0.15, 0.2) is 0 Å². The number of carbonyl (C=O) groups excluding carboxylic acids is 3. The molecule has 0 aliphatic carbocycles. The molecule has 3 rings (SSSR count). The highest BCUT2D eigenvalue weighted by molar-refractivity contribution is 5.82. The molecule has 1 saturated heterocycles. The lowest BCUT2D eigenvalue weighted by molar-refractivity contribution is -0.147. The van der Waals surface area contributed by atoms with Crippen LogP contribution in [0.15, 0.2) is 60.7 Å². The molecule has 0 aromatic heterocycles. The molecule has 1 heterocycles. The smallest absolute Gasteiger partial charge is 0.408 e. The number of benzene rings is 2. The van der Waals surface area contributed by atoms with Crippen molar-refractivity contribution in [2.45, 2.75) is 31.9 Å². The molecule has 2 aromatic carbocycles. The van der Waals surface area contributed by atoms with Gasteiger partial charge in [0.1, 0.15) is 19.3 Å². The van der Waals surface area contributed by atoms with Crippen molar-refractivity contribution in [2.24, 2.45) is 0 Å². The number of alkyl carbamates (subject to hydrolysis) is 1. The Morgan fingerprint density at radius 1 is 0.967 bits per heavy atom. The van der Waals surface area contributed by atoms with Crippen LogP contribution in [0.25, 0.3) is 0 Å². The lowest BCUT2D eigenvalue weighted by Gasteiger charge is -2.19. The number of ether oxygens (including phenoxy) is 2. The first-order valence-corrected chi connectivity index (χ1v) is 10.1. The number of hydrogen-bond donors (Lipinski definition) is 1. The second kappa shape index (κ2) is 11.0. The van der Waals surface area contributed by atoms with Gasteiger partial charge in [-0.05, 0) is 17.5 Å². The van der Waals surface area contributed by atoms with Crippen LogP contribution in [-0.2, 0) is 32.1 Å². The molecule has 158 valence electrons. The summed E-state index contributed by atoms with van der Waals surface area (Å²) in [5.41, 5.74) is 1.74. The van der Waals surface area contributed by atoms with E-state index < -0.39 is 18.1 Å². The minimum Gasteiger partial charge on any atom is -0.462 e. The number of nitrogens with one attached hydrogen (secondary N) is 1. The van der Waals surface area contributed by atoms with Crippen molar-refractivity contribution < 1.29 is 23.9 Å². The standard InChI is InChI=1S/C23H26N2O5/c26-21-12-7-13-25(21)14-15-29-22(27)20(16-18-8-3-1-4-9-18)24-23(28)30-17-19-10-5-2-6-11-19/h1-6,8-11,20H,7,12-17H2,(H,24,28)/t20-/m0/s1. The molecule has 1 aliphatic heterocycles. The summed E-state index contributed by atoms with van der Waals surface area (Å²) in [7, 11) is 0. The number of likely N-dealkylation sites (tertiary alicyclic amines) is 1. The summed E-state index contributed by atoms with van der Waals surface area (Å²) in [6, 6.07) is 17.8. The lowest BCUT2D eigenvalue weighted by atomic mass is 10.1. The average molecular weight is 410 g/mol. The second-order valence-electron chi connectivity index (χ2n) is 7.10. The van der Waals surface area contributed by atoms with Crippen molar-refractivity contribution in [3.05, 3.63) is 71.8 Å². The van der Waals surface area contributed by atoms with Gasteiger partial charge in [0.25, 0.3) is 0 Å². The fourth-order valence-electron chi connectivity index (χ4n) is 3.25. The van der Waals surface area contributed by atoms with Gasteiger partial charge in [-0.2, -0.15) is 0 Å². The largest absolute Gasteiger partial charge is 0.462 e. The third kappa shape index (κ3) is 6.62. The van der Waals surface area contributed by atoms with Crippen molar-refractivity contribution in [1.82, 2.24) is 10.2 Å². The molecule has 0 radical (unpaired) electrons. The van der Waals surface area contributed by atoms with Crippen molar-refractivity contribution in [3.63, 3.8) is 0 Å². The van der Waals surface area contributed by atoms with Gasteiger partial charge in [0.05, 0.1) is 6.54 Å². The van der Waals surface area contributed by atoms with Gasteiger partial charge in [0.2, 0.25) is 5.91 Å². The zero-order chi connectivity index (χ0) is 21.2. The van der Waals surface area contributed by atoms with Crippen LogP contribution in [0, 0.1) is 0 Å². The quantitative estimate of drug-likeness (QED) is 0.643. The summed E-state index contributed by atoms with van der Waals surface area (Å²) >= 11 is 0. The Morgan fingerprint density at radius 2 is 1.63 bits per heavy atom. The fraction of sp³-hybridized carbons (Fsp3) is 0.348. The predicted octanol–water partition coefficient (Wildman–Crippen LogP) is 2.69. The van der Waals surface area contributed by atoms with Gasteiger partial charge in [-0.25, -0.2) is 9.59 Å². The number of esters is 1. The van der Waals surface area contributed by atoms with Crippen LogP contribution in [-0.4, -0.2) is 48.6 Å². The van der Waals surface area contributed by atoms with E-state index in [1.807, 2.05) is 60.7 Å². The first-order valence-electron chi connectivity index (χ1n) is 10.1. The van der Waals surface area contributed by atoms with Gasteiger partial charge < -0.3 is 19.7 Å². The molecular weight excluding hydrogens is 384 g/mol. The number of amides is 2. The molecule has 7 nitrogen and oxygen atoms in total. The summed E-state index contributed by atoms with van der Waals surface area (Å²) in [6.45, 7) is 1.25. The van der Waals surface area contributed by atoms with E-state index in [1.54, 1.807) is 4.90 Å². The Labute approximate surface area is 176 Å². The maximum Gasteiger partial charge on any atom is 0.408 e. The Morgan fingerprint density at radius 3 is 2.27 bits per heavy atom. The van der Waals surface area contributed by atoms with E-state index in [0.717, 1.165) is 17.5 Å². The maximum absolute atomic E-state index is 12.6. The van der Waals surface area contributed by atoms with E-state index >= 15 is 0 Å². The molecule has 0 unspecified atom stereocenters. The van der Waals surface area contributed by atoms with Crippen LogP contribution in [0.1, 0.15) is 24.0 Å². The van der Waals surface area contributed by atoms with Crippen molar-refractivity contribution in [3.8, 4) is 0 Å². The molecule has 1 atom stereocenters. The van der Waals surface area contributed by atoms with Gasteiger partial charge >= 0.3 is 12.1 Å². The topological polar surface area (TPSA) is 84.9 Å². The number of nitrogens with zero attached hydrogens (tertiary/aromatic N) is 1. The summed E-state index contributed by atoms with van der Waals surface area (Å²) < 4.78 is 10.6. The fourth-order valence-corrected chi connectivity index (χ4v) is 3.25. The number of carbonyl (C=O) groups is 3. The highest BCUT2D eigenvalue weighted by Gasteiger charge is 2.25. The molecule has 30 heavy (non-hydrogen) atoms. The predicted molar refractivity (Wildman–Crippen MR) is 110 cm³/mol. The van der Waals surface area contributed by atoms with Gasteiger partial charge in [-0.3, -0.25) is 4.79 Å². The highest BCUT2D eigenvalue weighted by Crippen LogP contribution is 2.10. The van der Waals surface area contributed by atoms with Crippen LogP contribution in [0.4, 0.5) is 4.79 Å². The minimum atomic E-state index is -0.884. The third-order valence-corrected chi connectivity index (χ3v) is 4.85. The van der Waals surface area contributed by atoms with E-state index in [0.29, 0.717) is 19.5 Å². The van der Waals surface area contributed by atoms with Crippen molar-refractivity contribution >= 4 is 18.0 Å². The normalized spacial score (nSPS) is 14.3. The van der Waals surface area contributed by atoms with E-state index in [-0.39, 0.29) is 25.5 Å². The molecule has 0 spiro atoms. The van der Waals surface area contributed by atoms with Gasteiger partial charge in [-0.1, -0.05) is 60.7 Å². The van der Waals surface area contributed by atoms with Crippen LogP contribution < -0.4 is 5.32 Å². The summed E-state index contributed by atoms with van der Waals surface area (Å²) in [5, 5.41) is 2.61. The minimum absolute atomic E-state index is 0.0782. The number of rotatable bonds is 9. The Bertz CT molecular complexity index is 841. The molecule has 2 aromatic rings. The first kappa shape index (κ1) is 21.4. The third-order valence-electron chi connectivity index (χ3n) is 4.85. The molecule has 1 fully saturated rings. The maximum atomic E-state index is 12.6. The van der Waals surface area contributed by atoms with Crippen molar-refractivity contribution in [1.29, 1.82) is 0 Å². The molecule has 1 aliphatic rings. The molecule has 0 saturated carbocycles. The zero-order valence-electron chi connectivity index (χ0n) is 16.8. The second-order valence-corrected chi connectivity index (χ2v) is 7.10. The van der Waals surface area contributed by atoms with Gasteiger partial charge in [-0.15, -0.1) is 0 Å². The summed E-state index contributed by atoms with van der Waals surface area (Å²) in [5.74, 6) is -0.475. The van der Waals surface area contributed by atoms with E-state index in [1.165, 1.54) is 0 Å². The zero-order valence-corrected chi connectivity index (χ0v) is 16.8. The van der Waals surface area contributed by atoms with Crippen LogP contribution in [0.5, 0.6) is 0 Å². The Hall–Kier alpha value is -3.35. The monoisotopic (exact) mass is 410 g/mol. The van der Waals surface area contributed by atoms with Crippen LogP contribution in [0.3, 0.4) is 0 Å². The highest BCUT2D eigenvalue weighted by atomic mass is 16.6. The molecular formula is C23H26N2O5. The van der Waals surface area contributed by atoms with Gasteiger partial charge in [0, 0.05) is 19.4 Å². The molecule has 1 N–H and O–H groups in total. The van der Waals surface area contributed by atoms with Crippen LogP contribution >= 0.6 is 0 Å². The molecule has 7 heteroatoms. The Kier molecular flexibility index (Phi) is 7.83. The lowest BCUT2D eigenvalue weighted by Crippen LogP contribution is -2.44. The van der Waals surface area contributed by atoms with Crippen LogP contribution in [0.2, 0.25) is 0 Å². The van der Waals surface area contributed by atoms with E-state index in [9.17, 15) is 14.4 Å².